The Labute approximate surface area is 131 Å². The van der Waals surface area contributed by atoms with Gasteiger partial charge in [0.2, 0.25) is 0 Å². The van der Waals surface area contributed by atoms with Gasteiger partial charge in [-0.15, -0.1) is 0 Å². The van der Waals surface area contributed by atoms with Gasteiger partial charge in [-0.1, -0.05) is 12.1 Å². The minimum Gasteiger partial charge on any atom is -0.497 e. The molecule has 0 saturated heterocycles. The molecule has 0 fully saturated rings. The zero-order chi connectivity index (χ0) is 16.1. The third kappa shape index (κ3) is 3.68. The molecule has 5 nitrogen and oxygen atoms in total. The van der Waals surface area contributed by atoms with Gasteiger partial charge >= 0.3 is 0 Å². The number of aromatic nitrogens is 1. The van der Waals surface area contributed by atoms with Crippen molar-refractivity contribution in [2.24, 2.45) is 7.05 Å². The molecular weight excluding hydrogens is 278 g/mol. The van der Waals surface area contributed by atoms with Gasteiger partial charge in [0.1, 0.15) is 11.4 Å². The molecule has 0 aliphatic heterocycles. The van der Waals surface area contributed by atoms with Crippen molar-refractivity contribution in [1.29, 1.82) is 0 Å². The number of carbonyl (C=O) groups excluding carboxylic acids is 1. The SMILES string of the molecule is COc1ccc([C@H](CNC(=O)c2cccn2C)N(C)C)cc1. The van der Waals surface area contributed by atoms with Crippen LogP contribution in [0.1, 0.15) is 22.1 Å². The highest BCUT2D eigenvalue weighted by molar-refractivity contribution is 5.92. The second-order valence-corrected chi connectivity index (χ2v) is 5.47. The Hall–Kier alpha value is -2.27. The van der Waals surface area contributed by atoms with E-state index in [4.69, 9.17) is 4.74 Å². The number of aryl methyl sites for hydroxylation is 1. The minimum atomic E-state index is -0.0622. The Bertz CT molecular complexity index is 617. The molecular formula is C17H23N3O2. The van der Waals surface area contributed by atoms with E-state index >= 15 is 0 Å². The molecule has 5 heteroatoms. The van der Waals surface area contributed by atoms with Crippen LogP contribution >= 0.6 is 0 Å². The van der Waals surface area contributed by atoms with Crippen LogP contribution in [0.25, 0.3) is 0 Å². The Kier molecular flexibility index (Phi) is 5.22. The number of hydrogen-bond donors (Lipinski definition) is 1. The third-order valence-electron chi connectivity index (χ3n) is 3.76. The van der Waals surface area contributed by atoms with Gasteiger partial charge in [-0.3, -0.25) is 4.79 Å². The average molecular weight is 301 g/mol. The number of methoxy groups -OCH3 is 1. The molecule has 1 aromatic carbocycles. The molecule has 1 aromatic heterocycles. The minimum absolute atomic E-state index is 0.0622. The highest BCUT2D eigenvalue weighted by Gasteiger charge is 2.16. The number of benzene rings is 1. The molecule has 0 spiro atoms. The van der Waals surface area contributed by atoms with E-state index < -0.39 is 0 Å². The monoisotopic (exact) mass is 301 g/mol. The molecule has 2 aromatic rings. The van der Waals surface area contributed by atoms with Gasteiger partial charge in [-0.2, -0.15) is 0 Å². The van der Waals surface area contributed by atoms with Crippen molar-refractivity contribution in [3.05, 3.63) is 53.9 Å². The maximum atomic E-state index is 12.2. The number of nitrogens with one attached hydrogen (secondary N) is 1. The maximum Gasteiger partial charge on any atom is 0.267 e. The molecule has 0 aliphatic rings. The van der Waals surface area contributed by atoms with E-state index in [1.54, 1.807) is 7.11 Å². The topological polar surface area (TPSA) is 46.5 Å². The number of nitrogens with zero attached hydrogens (tertiary/aromatic N) is 2. The van der Waals surface area contributed by atoms with Crippen molar-refractivity contribution in [3.8, 4) is 5.75 Å². The largest absolute Gasteiger partial charge is 0.497 e. The maximum absolute atomic E-state index is 12.2. The van der Waals surface area contributed by atoms with E-state index in [9.17, 15) is 4.79 Å². The summed E-state index contributed by atoms with van der Waals surface area (Å²) in [6, 6.07) is 11.7. The summed E-state index contributed by atoms with van der Waals surface area (Å²) in [5.74, 6) is 0.766. The van der Waals surface area contributed by atoms with Gasteiger partial charge in [-0.25, -0.2) is 0 Å². The summed E-state index contributed by atoms with van der Waals surface area (Å²) in [5.41, 5.74) is 1.80. The average Bonchev–Trinajstić information content (AvgIpc) is 2.94. The first-order valence-electron chi connectivity index (χ1n) is 7.23. The number of likely N-dealkylation sites (N-methyl/N-ethyl adjacent to an activating group) is 1. The highest BCUT2D eigenvalue weighted by Crippen LogP contribution is 2.20. The van der Waals surface area contributed by atoms with E-state index in [1.807, 2.05) is 68.3 Å². The van der Waals surface area contributed by atoms with Gasteiger partial charge in [0, 0.05) is 19.8 Å². The van der Waals surface area contributed by atoms with Gasteiger partial charge in [0.05, 0.1) is 13.2 Å². The summed E-state index contributed by atoms with van der Waals surface area (Å²) in [6.45, 7) is 0.545. The number of carbonyl (C=O) groups is 1. The van der Waals surface area contributed by atoms with Gasteiger partial charge in [0.25, 0.3) is 5.91 Å². The van der Waals surface area contributed by atoms with Crippen molar-refractivity contribution < 1.29 is 9.53 Å². The van der Waals surface area contributed by atoms with Crippen LogP contribution in [0.2, 0.25) is 0 Å². The van der Waals surface area contributed by atoms with Crippen molar-refractivity contribution >= 4 is 5.91 Å². The predicted octanol–water partition coefficient (Wildman–Crippen LogP) is 2.07. The predicted molar refractivity (Wildman–Crippen MR) is 87.2 cm³/mol. The smallest absolute Gasteiger partial charge is 0.267 e. The second kappa shape index (κ2) is 7.13. The molecule has 1 atom stereocenters. The van der Waals surface area contributed by atoms with Crippen LogP contribution in [-0.4, -0.2) is 43.1 Å². The summed E-state index contributed by atoms with van der Waals surface area (Å²) < 4.78 is 7.00. The normalized spacial score (nSPS) is 12.2. The van der Waals surface area contributed by atoms with Crippen LogP contribution in [0.15, 0.2) is 42.6 Å². The second-order valence-electron chi connectivity index (χ2n) is 5.47. The quantitative estimate of drug-likeness (QED) is 0.888. The van der Waals surface area contributed by atoms with Crippen molar-refractivity contribution in [2.75, 3.05) is 27.7 Å². The Morgan fingerprint density at radius 2 is 1.95 bits per heavy atom. The summed E-state index contributed by atoms with van der Waals surface area (Å²) in [7, 11) is 7.52. The van der Waals surface area contributed by atoms with Crippen LogP contribution in [-0.2, 0) is 7.05 Å². The Balaban J connectivity index is 2.05. The van der Waals surface area contributed by atoms with E-state index in [-0.39, 0.29) is 11.9 Å². The summed E-state index contributed by atoms with van der Waals surface area (Å²) in [4.78, 5) is 14.3. The Morgan fingerprint density at radius 3 is 2.45 bits per heavy atom. The van der Waals surface area contributed by atoms with E-state index in [2.05, 4.69) is 10.2 Å². The number of amides is 1. The third-order valence-corrected chi connectivity index (χ3v) is 3.76. The molecule has 0 bridgehead atoms. The van der Waals surface area contributed by atoms with Crippen LogP contribution in [0, 0.1) is 0 Å². The Morgan fingerprint density at radius 1 is 1.27 bits per heavy atom. The first-order chi connectivity index (χ1) is 10.5. The lowest BCUT2D eigenvalue weighted by Crippen LogP contribution is -2.35. The van der Waals surface area contributed by atoms with Crippen LogP contribution in [0.5, 0.6) is 5.75 Å². The van der Waals surface area contributed by atoms with E-state index in [1.165, 1.54) is 0 Å². The fourth-order valence-electron chi connectivity index (χ4n) is 2.40. The number of rotatable bonds is 6. The fraction of sp³-hybridized carbons (Fsp3) is 0.353. The molecule has 1 N–H and O–H groups in total. The zero-order valence-corrected chi connectivity index (χ0v) is 13.5. The molecule has 2 rings (SSSR count). The summed E-state index contributed by atoms with van der Waals surface area (Å²) >= 11 is 0. The lowest BCUT2D eigenvalue weighted by atomic mass is 10.1. The van der Waals surface area contributed by atoms with Crippen molar-refractivity contribution in [3.63, 3.8) is 0 Å². The fourth-order valence-corrected chi connectivity index (χ4v) is 2.40. The highest BCUT2D eigenvalue weighted by atomic mass is 16.5. The van der Waals surface area contributed by atoms with Crippen molar-refractivity contribution in [2.45, 2.75) is 6.04 Å². The van der Waals surface area contributed by atoms with E-state index in [0.717, 1.165) is 11.3 Å². The number of hydrogen-bond acceptors (Lipinski definition) is 3. The van der Waals surface area contributed by atoms with Gasteiger partial charge in [0.15, 0.2) is 0 Å². The van der Waals surface area contributed by atoms with Crippen LogP contribution in [0.3, 0.4) is 0 Å². The molecule has 1 amide bonds. The first-order valence-corrected chi connectivity index (χ1v) is 7.23. The van der Waals surface area contributed by atoms with Crippen LogP contribution < -0.4 is 10.1 Å². The van der Waals surface area contributed by atoms with Gasteiger partial charge < -0.3 is 19.5 Å². The molecule has 0 unspecified atom stereocenters. The van der Waals surface area contributed by atoms with Crippen molar-refractivity contribution in [1.82, 2.24) is 14.8 Å². The molecule has 0 saturated carbocycles. The number of ether oxygens (including phenoxy) is 1. The standard InChI is InChI=1S/C17H23N3O2/c1-19(2)16(13-7-9-14(22-4)10-8-13)12-18-17(21)15-6-5-11-20(15)3/h5-11,16H,12H2,1-4H3,(H,18,21)/t16-/m0/s1. The molecule has 0 radical (unpaired) electrons. The molecule has 0 aliphatic carbocycles. The van der Waals surface area contributed by atoms with Crippen LogP contribution in [0.4, 0.5) is 0 Å². The van der Waals surface area contributed by atoms with E-state index in [0.29, 0.717) is 12.2 Å². The lowest BCUT2D eigenvalue weighted by Gasteiger charge is -2.25. The summed E-state index contributed by atoms with van der Waals surface area (Å²) in [5, 5.41) is 3.00. The lowest BCUT2D eigenvalue weighted by molar-refractivity contribution is 0.0934. The molecule has 1 heterocycles. The molecule has 22 heavy (non-hydrogen) atoms. The zero-order valence-electron chi connectivity index (χ0n) is 13.5. The van der Waals surface area contributed by atoms with Gasteiger partial charge in [-0.05, 0) is 43.9 Å². The first kappa shape index (κ1) is 16.1. The summed E-state index contributed by atoms with van der Waals surface area (Å²) in [6.07, 6.45) is 1.86. The molecule has 118 valence electrons.